The van der Waals surface area contributed by atoms with Gasteiger partial charge in [-0.1, -0.05) is 42.1 Å². The number of nitrogens with zero attached hydrogens (tertiary/aromatic N) is 2. The second-order valence-corrected chi connectivity index (χ2v) is 8.98. The summed E-state index contributed by atoms with van der Waals surface area (Å²) in [5.74, 6) is 2.10. The van der Waals surface area contributed by atoms with Gasteiger partial charge in [-0.25, -0.2) is 10.4 Å². The third-order valence-electron chi connectivity index (χ3n) is 5.52. The highest BCUT2D eigenvalue weighted by Gasteiger charge is 2.13. The van der Waals surface area contributed by atoms with Crippen molar-refractivity contribution in [3.63, 3.8) is 0 Å². The molecule has 0 fully saturated rings. The Balaban J connectivity index is 1.10. The van der Waals surface area contributed by atoms with Crippen LogP contribution in [0.3, 0.4) is 0 Å². The van der Waals surface area contributed by atoms with Crippen LogP contribution in [0.25, 0.3) is 11.0 Å². The number of carbonyl (C=O) groups excluding carboxylic acids is 1. The van der Waals surface area contributed by atoms with Gasteiger partial charge in [0.1, 0.15) is 0 Å². The van der Waals surface area contributed by atoms with Gasteiger partial charge in [0.25, 0.3) is 5.91 Å². The number of fused-ring (bicyclic) bond motifs is 2. The van der Waals surface area contributed by atoms with Gasteiger partial charge in [0.2, 0.25) is 6.79 Å². The first-order chi connectivity index (χ1) is 16.6. The minimum Gasteiger partial charge on any atom is -0.454 e. The SMILES string of the molecule is C/C(CCc1ccc2c(c1)OCO2)=N\NC(=O)c1ccc(CSc2nc3ccccc3[nH]2)cc1. The monoisotopic (exact) mass is 472 g/mol. The summed E-state index contributed by atoms with van der Waals surface area (Å²) >= 11 is 1.63. The van der Waals surface area contributed by atoms with Crippen LogP contribution in [0.5, 0.6) is 11.5 Å². The molecule has 0 atom stereocenters. The van der Waals surface area contributed by atoms with Gasteiger partial charge in [0.15, 0.2) is 16.7 Å². The van der Waals surface area contributed by atoms with Crippen LogP contribution in [-0.4, -0.2) is 28.4 Å². The number of hydrogen-bond acceptors (Lipinski definition) is 6. The van der Waals surface area contributed by atoms with Crippen LogP contribution in [-0.2, 0) is 12.2 Å². The number of imidazole rings is 1. The molecule has 0 spiro atoms. The van der Waals surface area contributed by atoms with Crippen molar-refractivity contribution >= 4 is 34.4 Å². The van der Waals surface area contributed by atoms with Crippen molar-refractivity contribution in [3.05, 3.63) is 83.4 Å². The Labute approximate surface area is 201 Å². The number of benzene rings is 3. The van der Waals surface area contributed by atoms with Gasteiger partial charge in [0.05, 0.1) is 11.0 Å². The molecule has 1 amide bonds. The third kappa shape index (κ3) is 5.23. The number of amides is 1. The summed E-state index contributed by atoms with van der Waals surface area (Å²) in [5.41, 5.74) is 8.33. The summed E-state index contributed by atoms with van der Waals surface area (Å²) in [6.07, 6.45) is 1.54. The minimum absolute atomic E-state index is 0.223. The maximum Gasteiger partial charge on any atom is 0.271 e. The molecule has 0 radical (unpaired) electrons. The lowest BCUT2D eigenvalue weighted by atomic mass is 10.1. The van der Waals surface area contributed by atoms with Gasteiger partial charge < -0.3 is 14.5 Å². The number of thioether (sulfide) groups is 1. The van der Waals surface area contributed by atoms with E-state index < -0.39 is 0 Å². The predicted molar refractivity (Wildman–Crippen MR) is 134 cm³/mol. The number of hydrazone groups is 1. The number of nitrogens with one attached hydrogen (secondary N) is 2. The lowest BCUT2D eigenvalue weighted by Crippen LogP contribution is -2.19. The van der Waals surface area contributed by atoms with Crippen LogP contribution in [0.1, 0.15) is 34.8 Å². The first kappa shape index (κ1) is 22.0. The van der Waals surface area contributed by atoms with Crippen molar-refractivity contribution in [1.82, 2.24) is 15.4 Å². The quantitative estimate of drug-likeness (QED) is 0.206. The van der Waals surface area contributed by atoms with Crippen LogP contribution in [0.2, 0.25) is 0 Å². The highest BCUT2D eigenvalue weighted by molar-refractivity contribution is 7.98. The molecule has 0 unspecified atom stereocenters. The Morgan fingerprint density at radius 1 is 1.06 bits per heavy atom. The summed E-state index contributed by atoms with van der Waals surface area (Å²) in [7, 11) is 0. The first-order valence-electron chi connectivity index (χ1n) is 11.0. The fraction of sp³-hybridized carbons (Fsp3) is 0.192. The molecule has 2 heterocycles. The van der Waals surface area contributed by atoms with Gasteiger partial charge in [-0.05, 0) is 67.3 Å². The van der Waals surface area contributed by atoms with Gasteiger partial charge in [-0.15, -0.1) is 0 Å². The number of carbonyl (C=O) groups is 1. The second-order valence-electron chi connectivity index (χ2n) is 8.02. The molecule has 34 heavy (non-hydrogen) atoms. The van der Waals surface area contributed by atoms with E-state index in [4.69, 9.17) is 9.47 Å². The number of H-pyrrole nitrogens is 1. The van der Waals surface area contributed by atoms with E-state index in [-0.39, 0.29) is 12.7 Å². The topological polar surface area (TPSA) is 88.6 Å². The zero-order valence-electron chi connectivity index (χ0n) is 18.7. The predicted octanol–water partition coefficient (Wildman–Crippen LogP) is 5.32. The smallest absolute Gasteiger partial charge is 0.271 e. The Bertz CT molecular complexity index is 1310. The van der Waals surface area contributed by atoms with Crippen LogP contribution >= 0.6 is 11.8 Å². The maximum atomic E-state index is 12.5. The molecular formula is C26H24N4O3S. The number of aromatic nitrogens is 2. The average Bonchev–Trinajstić information content (AvgIpc) is 3.51. The number of rotatable bonds is 8. The normalized spacial score (nSPS) is 12.8. The molecule has 8 heteroatoms. The number of para-hydroxylation sites is 2. The largest absolute Gasteiger partial charge is 0.454 e. The molecule has 1 aliphatic heterocycles. The number of ether oxygens (including phenoxy) is 2. The highest BCUT2D eigenvalue weighted by Crippen LogP contribution is 2.32. The van der Waals surface area contributed by atoms with E-state index in [0.29, 0.717) is 5.56 Å². The van der Waals surface area contributed by atoms with E-state index in [0.717, 1.165) is 63.1 Å². The molecule has 0 aliphatic carbocycles. The number of aryl methyl sites for hydroxylation is 1. The molecule has 5 rings (SSSR count). The number of hydrogen-bond donors (Lipinski definition) is 2. The standard InChI is InChI=1S/C26H24N4O3S/c1-17(6-7-18-10-13-23-24(14-18)33-16-32-23)29-30-25(31)20-11-8-19(9-12-20)15-34-26-27-21-4-2-3-5-22(21)28-26/h2-5,8-14H,6-7,15-16H2,1H3,(H,27,28)(H,30,31)/b29-17+. The van der Waals surface area contributed by atoms with E-state index in [1.54, 1.807) is 11.8 Å². The molecule has 2 N–H and O–H groups in total. The molecule has 1 aliphatic rings. The van der Waals surface area contributed by atoms with Crippen molar-refractivity contribution in [2.24, 2.45) is 5.10 Å². The Morgan fingerprint density at radius 3 is 2.71 bits per heavy atom. The van der Waals surface area contributed by atoms with E-state index in [1.165, 1.54) is 0 Å². The van der Waals surface area contributed by atoms with Crippen LogP contribution < -0.4 is 14.9 Å². The van der Waals surface area contributed by atoms with Crippen LogP contribution in [0.4, 0.5) is 0 Å². The van der Waals surface area contributed by atoms with Gasteiger partial charge in [-0.3, -0.25) is 4.79 Å². The second kappa shape index (κ2) is 10.0. The maximum absolute atomic E-state index is 12.5. The van der Waals surface area contributed by atoms with E-state index in [1.807, 2.05) is 73.7 Å². The molecule has 172 valence electrons. The molecule has 0 saturated heterocycles. The molecule has 1 aromatic heterocycles. The van der Waals surface area contributed by atoms with Crippen LogP contribution in [0, 0.1) is 0 Å². The number of aromatic amines is 1. The molecule has 7 nitrogen and oxygen atoms in total. The van der Waals surface area contributed by atoms with Gasteiger partial charge >= 0.3 is 0 Å². The fourth-order valence-electron chi connectivity index (χ4n) is 3.59. The van der Waals surface area contributed by atoms with Crippen molar-refractivity contribution in [2.75, 3.05) is 6.79 Å². The third-order valence-corrected chi connectivity index (χ3v) is 6.46. The first-order valence-corrected chi connectivity index (χ1v) is 12.0. The zero-order chi connectivity index (χ0) is 23.3. The van der Waals surface area contributed by atoms with Gasteiger partial charge in [0, 0.05) is 17.0 Å². The highest BCUT2D eigenvalue weighted by atomic mass is 32.2. The lowest BCUT2D eigenvalue weighted by Gasteiger charge is -2.05. The zero-order valence-corrected chi connectivity index (χ0v) is 19.5. The Hall–Kier alpha value is -3.78. The van der Waals surface area contributed by atoms with E-state index >= 15 is 0 Å². The molecule has 3 aromatic carbocycles. The minimum atomic E-state index is -0.223. The summed E-state index contributed by atoms with van der Waals surface area (Å²) < 4.78 is 10.8. The average molecular weight is 473 g/mol. The van der Waals surface area contributed by atoms with Crippen LogP contribution in [0.15, 0.2) is 77.0 Å². The van der Waals surface area contributed by atoms with Crippen molar-refractivity contribution in [1.29, 1.82) is 0 Å². The molecular weight excluding hydrogens is 448 g/mol. The van der Waals surface area contributed by atoms with Crippen molar-refractivity contribution in [3.8, 4) is 11.5 Å². The van der Waals surface area contributed by atoms with Crippen molar-refractivity contribution in [2.45, 2.75) is 30.7 Å². The van der Waals surface area contributed by atoms with E-state index in [2.05, 4.69) is 20.5 Å². The molecule has 0 bridgehead atoms. The fourth-order valence-corrected chi connectivity index (χ4v) is 4.43. The van der Waals surface area contributed by atoms with E-state index in [9.17, 15) is 4.79 Å². The van der Waals surface area contributed by atoms with Gasteiger partial charge in [-0.2, -0.15) is 5.10 Å². The summed E-state index contributed by atoms with van der Waals surface area (Å²) in [5, 5.41) is 5.13. The Morgan fingerprint density at radius 2 is 1.85 bits per heavy atom. The summed E-state index contributed by atoms with van der Waals surface area (Å²) in [6, 6.07) is 21.5. The summed E-state index contributed by atoms with van der Waals surface area (Å²) in [4.78, 5) is 20.4. The van der Waals surface area contributed by atoms with Crippen molar-refractivity contribution < 1.29 is 14.3 Å². The summed E-state index contributed by atoms with van der Waals surface area (Å²) in [6.45, 7) is 2.18. The Kier molecular flexibility index (Phi) is 6.49. The lowest BCUT2D eigenvalue weighted by molar-refractivity contribution is 0.0954. The molecule has 4 aromatic rings. The molecule has 0 saturated carbocycles.